The van der Waals surface area contributed by atoms with Crippen LogP contribution in [0.4, 0.5) is 0 Å². The molecule has 1 saturated heterocycles. The van der Waals surface area contributed by atoms with Crippen LogP contribution in [-0.2, 0) is 4.84 Å². The molecule has 0 saturated carbocycles. The summed E-state index contributed by atoms with van der Waals surface area (Å²) in [7, 11) is 0. The molecule has 1 fully saturated rings. The standard InChI is InChI=1S/C20H40N2O/c1-6-8-12-20(5,13-9-7-2)17-23-22(18(3)4)15-11-19-10-14-21-16-19/h19,21H,3,6-17H2,1-2,4-5H3. The fraction of sp³-hybridized carbons (Fsp3) is 0.900. The van der Waals surface area contributed by atoms with Gasteiger partial charge >= 0.3 is 0 Å². The predicted octanol–water partition coefficient (Wildman–Crippen LogP) is 5.14. The summed E-state index contributed by atoms with van der Waals surface area (Å²) >= 11 is 0. The molecule has 0 aromatic rings. The van der Waals surface area contributed by atoms with Crippen LogP contribution >= 0.6 is 0 Å². The first-order valence-electron chi connectivity index (χ1n) is 9.77. The summed E-state index contributed by atoms with van der Waals surface area (Å²) in [6, 6.07) is 0. The van der Waals surface area contributed by atoms with Crippen LogP contribution in [0.3, 0.4) is 0 Å². The van der Waals surface area contributed by atoms with E-state index < -0.39 is 0 Å². The maximum Gasteiger partial charge on any atom is 0.0802 e. The Morgan fingerprint density at radius 1 is 1.26 bits per heavy atom. The van der Waals surface area contributed by atoms with Crippen molar-refractivity contribution in [1.82, 2.24) is 10.4 Å². The SMILES string of the molecule is C=C(C)N(CCC1CCNC1)OCC(C)(CCCC)CCCC. The minimum absolute atomic E-state index is 0.300. The number of hydrogen-bond donors (Lipinski definition) is 1. The van der Waals surface area contributed by atoms with E-state index >= 15 is 0 Å². The molecule has 0 amide bonds. The summed E-state index contributed by atoms with van der Waals surface area (Å²) in [5, 5.41) is 5.50. The lowest BCUT2D eigenvalue weighted by Crippen LogP contribution is -2.32. The van der Waals surface area contributed by atoms with Crippen LogP contribution in [0.1, 0.15) is 79.1 Å². The highest BCUT2D eigenvalue weighted by molar-refractivity contribution is 4.85. The number of unbranched alkanes of at least 4 members (excludes halogenated alkanes) is 2. The van der Waals surface area contributed by atoms with Crippen LogP contribution in [0.25, 0.3) is 0 Å². The van der Waals surface area contributed by atoms with E-state index in [0.29, 0.717) is 5.41 Å². The van der Waals surface area contributed by atoms with Crippen molar-refractivity contribution in [2.45, 2.75) is 79.1 Å². The molecule has 23 heavy (non-hydrogen) atoms. The van der Waals surface area contributed by atoms with E-state index in [9.17, 15) is 0 Å². The van der Waals surface area contributed by atoms with Gasteiger partial charge in [-0.1, -0.05) is 53.0 Å². The van der Waals surface area contributed by atoms with Gasteiger partial charge in [0.15, 0.2) is 0 Å². The second-order valence-corrected chi connectivity index (χ2v) is 7.78. The smallest absolute Gasteiger partial charge is 0.0802 e. The second-order valence-electron chi connectivity index (χ2n) is 7.78. The molecule has 0 aliphatic carbocycles. The highest BCUT2D eigenvalue weighted by atomic mass is 16.7. The molecule has 0 radical (unpaired) electrons. The molecule has 3 nitrogen and oxygen atoms in total. The normalized spacial score (nSPS) is 18.3. The number of allylic oxidation sites excluding steroid dienone is 1. The molecule has 1 unspecified atom stereocenters. The Balaban J connectivity index is 2.46. The number of hydroxylamine groups is 2. The number of nitrogens with zero attached hydrogens (tertiary/aromatic N) is 1. The van der Waals surface area contributed by atoms with E-state index in [-0.39, 0.29) is 0 Å². The summed E-state index contributed by atoms with van der Waals surface area (Å²) < 4.78 is 0. The first-order chi connectivity index (χ1) is 11.0. The summed E-state index contributed by atoms with van der Waals surface area (Å²) in [5.74, 6) is 0.798. The lowest BCUT2D eigenvalue weighted by Gasteiger charge is -2.33. The Labute approximate surface area is 144 Å². The Hall–Kier alpha value is -0.540. The molecule has 1 atom stereocenters. The molecule has 0 spiro atoms. The third-order valence-corrected chi connectivity index (χ3v) is 5.17. The van der Waals surface area contributed by atoms with Gasteiger partial charge in [0, 0.05) is 12.2 Å². The fourth-order valence-corrected chi connectivity index (χ4v) is 3.34. The van der Waals surface area contributed by atoms with E-state index in [1.54, 1.807) is 0 Å². The maximum atomic E-state index is 6.24. The van der Waals surface area contributed by atoms with Crippen molar-refractivity contribution in [3.8, 4) is 0 Å². The van der Waals surface area contributed by atoms with Gasteiger partial charge in [0.25, 0.3) is 0 Å². The molecule has 1 heterocycles. The van der Waals surface area contributed by atoms with Gasteiger partial charge in [0.05, 0.1) is 6.61 Å². The number of nitrogens with one attached hydrogen (secondary N) is 1. The first kappa shape index (κ1) is 20.5. The van der Waals surface area contributed by atoms with Crippen molar-refractivity contribution in [3.05, 3.63) is 12.3 Å². The van der Waals surface area contributed by atoms with E-state index in [4.69, 9.17) is 4.84 Å². The largest absolute Gasteiger partial charge is 0.316 e. The first-order valence-corrected chi connectivity index (χ1v) is 9.77. The lowest BCUT2D eigenvalue weighted by molar-refractivity contribution is -0.162. The summed E-state index contributed by atoms with van der Waals surface area (Å²) in [5.41, 5.74) is 1.33. The molecule has 0 aromatic heterocycles. The zero-order valence-electron chi connectivity index (χ0n) is 16.1. The van der Waals surface area contributed by atoms with Crippen LogP contribution in [0.5, 0.6) is 0 Å². The molecule has 1 rings (SSSR count). The van der Waals surface area contributed by atoms with Crippen molar-refractivity contribution in [3.63, 3.8) is 0 Å². The third kappa shape index (κ3) is 8.21. The van der Waals surface area contributed by atoms with Crippen molar-refractivity contribution in [2.75, 3.05) is 26.2 Å². The molecule has 0 aromatic carbocycles. The lowest BCUT2D eigenvalue weighted by atomic mass is 9.81. The summed E-state index contributed by atoms with van der Waals surface area (Å²) in [4.78, 5) is 6.24. The van der Waals surface area contributed by atoms with E-state index in [1.165, 1.54) is 57.9 Å². The molecule has 3 heteroatoms. The van der Waals surface area contributed by atoms with Gasteiger partial charge in [0.1, 0.15) is 0 Å². The average Bonchev–Trinajstić information content (AvgIpc) is 3.04. The van der Waals surface area contributed by atoms with Crippen molar-refractivity contribution in [1.29, 1.82) is 0 Å². The van der Waals surface area contributed by atoms with Crippen LogP contribution in [0.15, 0.2) is 12.3 Å². The van der Waals surface area contributed by atoms with Gasteiger partial charge < -0.3 is 5.32 Å². The quantitative estimate of drug-likeness (QED) is 0.475. The predicted molar refractivity (Wildman–Crippen MR) is 100 cm³/mol. The fourth-order valence-electron chi connectivity index (χ4n) is 3.34. The van der Waals surface area contributed by atoms with Gasteiger partial charge in [-0.3, -0.25) is 9.90 Å². The second kappa shape index (κ2) is 11.1. The third-order valence-electron chi connectivity index (χ3n) is 5.17. The van der Waals surface area contributed by atoms with Crippen molar-refractivity contribution >= 4 is 0 Å². The molecule has 1 aliphatic rings. The summed E-state index contributed by atoms with van der Waals surface area (Å²) in [6.45, 7) is 17.2. The maximum absolute atomic E-state index is 6.24. The van der Waals surface area contributed by atoms with Crippen molar-refractivity contribution in [2.24, 2.45) is 11.3 Å². The van der Waals surface area contributed by atoms with Gasteiger partial charge in [0.2, 0.25) is 0 Å². The molecule has 0 bridgehead atoms. The van der Waals surface area contributed by atoms with Crippen LogP contribution < -0.4 is 5.32 Å². The van der Waals surface area contributed by atoms with Crippen molar-refractivity contribution < 1.29 is 4.84 Å². The monoisotopic (exact) mass is 324 g/mol. The van der Waals surface area contributed by atoms with E-state index in [0.717, 1.165) is 31.3 Å². The Bertz CT molecular complexity index is 316. The van der Waals surface area contributed by atoms with Crippen LogP contribution in [-0.4, -0.2) is 31.3 Å². The highest BCUT2D eigenvalue weighted by Gasteiger charge is 2.25. The molecular formula is C20H40N2O. The highest BCUT2D eigenvalue weighted by Crippen LogP contribution is 2.31. The Morgan fingerprint density at radius 3 is 2.39 bits per heavy atom. The van der Waals surface area contributed by atoms with Gasteiger partial charge in [-0.15, -0.1) is 0 Å². The topological polar surface area (TPSA) is 24.5 Å². The zero-order valence-corrected chi connectivity index (χ0v) is 16.1. The van der Waals surface area contributed by atoms with E-state index in [2.05, 4.69) is 44.7 Å². The van der Waals surface area contributed by atoms with Gasteiger partial charge in [-0.2, -0.15) is 0 Å². The molecule has 136 valence electrons. The average molecular weight is 325 g/mol. The van der Waals surface area contributed by atoms with Gasteiger partial charge in [-0.05, 0) is 57.0 Å². The van der Waals surface area contributed by atoms with Crippen LogP contribution in [0, 0.1) is 11.3 Å². The Morgan fingerprint density at radius 2 is 1.91 bits per heavy atom. The molecule has 1 aliphatic heterocycles. The zero-order chi connectivity index (χ0) is 17.1. The minimum Gasteiger partial charge on any atom is -0.316 e. The summed E-state index contributed by atoms with van der Waals surface area (Å²) in [6.07, 6.45) is 10.1. The number of hydrogen-bond acceptors (Lipinski definition) is 3. The van der Waals surface area contributed by atoms with Gasteiger partial charge in [-0.25, -0.2) is 0 Å². The number of rotatable bonds is 13. The molecule has 1 N–H and O–H groups in total. The van der Waals surface area contributed by atoms with E-state index in [1.807, 2.05) is 0 Å². The van der Waals surface area contributed by atoms with Crippen LogP contribution in [0.2, 0.25) is 0 Å². The Kier molecular flexibility index (Phi) is 9.89. The minimum atomic E-state index is 0.300. The molecular weight excluding hydrogens is 284 g/mol.